The van der Waals surface area contributed by atoms with E-state index in [0.29, 0.717) is 19.0 Å². The Balaban J connectivity index is 2.45. The van der Waals surface area contributed by atoms with Gasteiger partial charge in [-0.2, -0.15) is 8.78 Å². The van der Waals surface area contributed by atoms with Gasteiger partial charge in [-0.05, 0) is 38.3 Å². The number of carbonyl (C=O) groups excluding carboxylic acids is 1. The quantitative estimate of drug-likeness (QED) is 0.781. The summed E-state index contributed by atoms with van der Waals surface area (Å²) < 4.78 is 24.7. The van der Waals surface area contributed by atoms with Crippen molar-refractivity contribution in [1.82, 2.24) is 10.2 Å². The van der Waals surface area contributed by atoms with Crippen molar-refractivity contribution in [3.63, 3.8) is 0 Å². The Bertz CT molecular complexity index is 218. The number of nitrogens with one attached hydrogen (secondary N) is 1. The molecule has 1 fully saturated rings. The molecule has 1 aliphatic heterocycles. The van der Waals surface area contributed by atoms with Gasteiger partial charge in [0.05, 0.1) is 0 Å². The molecule has 1 heterocycles. The fraction of sp³-hybridized carbons (Fsp3) is 0.909. The summed E-state index contributed by atoms with van der Waals surface area (Å²) in [5, 5.41) is 3.22. The molecule has 1 saturated heterocycles. The zero-order chi connectivity index (χ0) is 12.0. The summed E-state index contributed by atoms with van der Waals surface area (Å²) in [7, 11) is 0. The maximum atomic E-state index is 12.3. The van der Waals surface area contributed by atoms with Crippen molar-refractivity contribution in [3.8, 4) is 0 Å². The summed E-state index contributed by atoms with van der Waals surface area (Å²) in [6.07, 6.45) is -0.0707. The summed E-state index contributed by atoms with van der Waals surface area (Å²) in [6, 6.07) is 0. The van der Waals surface area contributed by atoms with Gasteiger partial charge in [-0.3, -0.25) is 4.79 Å². The lowest BCUT2D eigenvalue weighted by Crippen LogP contribution is -2.43. The number of hydrogen-bond donors (Lipinski definition) is 1. The number of carbonyl (C=O) groups is 1. The van der Waals surface area contributed by atoms with E-state index in [2.05, 4.69) is 5.32 Å². The minimum atomic E-state index is -2.87. The lowest BCUT2D eigenvalue weighted by molar-refractivity contribution is -0.143. The van der Waals surface area contributed by atoms with Crippen LogP contribution in [0.1, 0.15) is 26.2 Å². The monoisotopic (exact) mass is 234 g/mol. The van der Waals surface area contributed by atoms with Crippen LogP contribution >= 0.6 is 0 Å². The molecule has 1 unspecified atom stereocenters. The van der Waals surface area contributed by atoms with E-state index in [4.69, 9.17) is 0 Å². The third-order valence-electron chi connectivity index (χ3n) is 2.87. The number of halogens is 2. The van der Waals surface area contributed by atoms with Crippen LogP contribution in [0.2, 0.25) is 0 Å². The fourth-order valence-electron chi connectivity index (χ4n) is 2.09. The largest absolute Gasteiger partial charge is 0.337 e. The third-order valence-corrected chi connectivity index (χ3v) is 2.87. The lowest BCUT2D eigenvalue weighted by Gasteiger charge is -2.29. The van der Waals surface area contributed by atoms with Crippen LogP contribution in [0.25, 0.3) is 0 Å². The highest BCUT2D eigenvalue weighted by atomic mass is 19.3. The first-order valence-corrected chi connectivity index (χ1v) is 5.92. The normalized spacial score (nSPS) is 21.1. The topological polar surface area (TPSA) is 32.3 Å². The molecule has 0 bridgehead atoms. The average Bonchev–Trinajstić information content (AvgIpc) is 2.29. The van der Waals surface area contributed by atoms with Crippen LogP contribution in [-0.2, 0) is 4.79 Å². The van der Waals surface area contributed by atoms with Crippen molar-refractivity contribution in [2.45, 2.75) is 32.6 Å². The van der Waals surface area contributed by atoms with Gasteiger partial charge >= 0.3 is 6.43 Å². The first-order valence-electron chi connectivity index (χ1n) is 5.92. The molecule has 0 saturated carbocycles. The minimum Gasteiger partial charge on any atom is -0.337 e. The van der Waals surface area contributed by atoms with Crippen LogP contribution in [0.3, 0.4) is 0 Å². The molecule has 1 aliphatic rings. The Kier molecular flexibility index (Phi) is 5.66. The first-order chi connectivity index (χ1) is 7.65. The average molecular weight is 234 g/mol. The predicted octanol–water partition coefficient (Wildman–Crippen LogP) is 1.49. The van der Waals surface area contributed by atoms with Crippen molar-refractivity contribution < 1.29 is 13.6 Å². The maximum Gasteiger partial charge on any atom is 0.315 e. The van der Waals surface area contributed by atoms with E-state index in [9.17, 15) is 13.6 Å². The molecule has 0 aliphatic carbocycles. The summed E-state index contributed by atoms with van der Waals surface area (Å²) >= 11 is 0. The Morgan fingerprint density at radius 1 is 1.56 bits per heavy atom. The number of amides is 1. The molecule has 1 atom stereocenters. The van der Waals surface area contributed by atoms with Gasteiger partial charge in [-0.25, -0.2) is 0 Å². The van der Waals surface area contributed by atoms with Gasteiger partial charge in [0.2, 0.25) is 0 Å². The Morgan fingerprint density at radius 3 is 2.81 bits per heavy atom. The Morgan fingerprint density at radius 2 is 2.31 bits per heavy atom. The van der Waals surface area contributed by atoms with Crippen molar-refractivity contribution >= 4 is 5.91 Å². The molecule has 3 nitrogen and oxygen atoms in total. The smallest absolute Gasteiger partial charge is 0.315 e. The summed E-state index contributed by atoms with van der Waals surface area (Å²) in [5.41, 5.74) is 0. The molecule has 0 radical (unpaired) electrons. The summed E-state index contributed by atoms with van der Waals surface area (Å²) in [6.45, 7) is 4.61. The number of rotatable bonds is 5. The molecule has 16 heavy (non-hydrogen) atoms. The van der Waals surface area contributed by atoms with Crippen LogP contribution in [0.5, 0.6) is 0 Å². The third kappa shape index (κ3) is 4.04. The van der Waals surface area contributed by atoms with Gasteiger partial charge < -0.3 is 10.2 Å². The molecule has 0 spiro atoms. The van der Waals surface area contributed by atoms with Crippen molar-refractivity contribution in [2.75, 3.05) is 26.2 Å². The van der Waals surface area contributed by atoms with Gasteiger partial charge in [-0.1, -0.05) is 6.92 Å². The van der Waals surface area contributed by atoms with E-state index in [1.165, 1.54) is 4.90 Å². The van der Waals surface area contributed by atoms with Crippen molar-refractivity contribution in [2.24, 2.45) is 5.92 Å². The number of piperidine rings is 1. The van der Waals surface area contributed by atoms with Gasteiger partial charge in [0.1, 0.15) is 0 Å². The molecule has 1 N–H and O–H groups in total. The van der Waals surface area contributed by atoms with Crippen LogP contribution in [0, 0.1) is 5.92 Å². The molecule has 0 aromatic carbocycles. The second-order valence-electron chi connectivity index (χ2n) is 4.30. The maximum absolute atomic E-state index is 12.3. The number of alkyl halides is 2. The van der Waals surface area contributed by atoms with Crippen LogP contribution in [-0.4, -0.2) is 43.4 Å². The van der Waals surface area contributed by atoms with E-state index in [-0.39, 0.29) is 0 Å². The van der Waals surface area contributed by atoms with Gasteiger partial charge in [0, 0.05) is 13.1 Å². The first kappa shape index (κ1) is 13.4. The minimum absolute atomic E-state index is 0.322. The highest BCUT2D eigenvalue weighted by Crippen LogP contribution is 2.13. The summed E-state index contributed by atoms with van der Waals surface area (Å²) in [5.74, 6) is -0.699. The number of hydrogen-bond acceptors (Lipinski definition) is 2. The van der Waals surface area contributed by atoms with E-state index in [1.54, 1.807) is 0 Å². The van der Waals surface area contributed by atoms with E-state index < -0.39 is 12.3 Å². The van der Waals surface area contributed by atoms with Crippen LogP contribution in [0.15, 0.2) is 0 Å². The molecule has 5 heteroatoms. The van der Waals surface area contributed by atoms with Crippen LogP contribution < -0.4 is 5.32 Å². The van der Waals surface area contributed by atoms with Gasteiger partial charge in [0.15, 0.2) is 0 Å². The Labute approximate surface area is 95.2 Å². The van der Waals surface area contributed by atoms with E-state index in [0.717, 1.165) is 32.4 Å². The van der Waals surface area contributed by atoms with Gasteiger partial charge in [0.25, 0.3) is 5.91 Å². The SMILES string of the molecule is CCCN(CC1CCCNC1)C(=O)C(F)F. The molecule has 0 aromatic rings. The highest BCUT2D eigenvalue weighted by molar-refractivity contribution is 5.79. The molecule has 94 valence electrons. The van der Waals surface area contributed by atoms with Crippen LogP contribution in [0.4, 0.5) is 8.78 Å². The second-order valence-corrected chi connectivity index (χ2v) is 4.30. The molecule has 0 aromatic heterocycles. The Hall–Kier alpha value is -0.710. The molecular formula is C11H20F2N2O. The fourth-order valence-corrected chi connectivity index (χ4v) is 2.09. The highest BCUT2D eigenvalue weighted by Gasteiger charge is 2.25. The van der Waals surface area contributed by atoms with Gasteiger partial charge in [-0.15, -0.1) is 0 Å². The standard InChI is InChI=1S/C11H20F2N2O/c1-2-6-15(11(16)10(12)13)8-9-4-3-5-14-7-9/h9-10,14H,2-8H2,1H3. The molecular weight excluding hydrogens is 214 g/mol. The predicted molar refractivity (Wildman–Crippen MR) is 58.5 cm³/mol. The lowest BCUT2D eigenvalue weighted by atomic mass is 9.99. The van der Waals surface area contributed by atoms with Crippen molar-refractivity contribution in [3.05, 3.63) is 0 Å². The molecule has 1 amide bonds. The second kappa shape index (κ2) is 6.78. The van der Waals surface area contributed by atoms with Crippen molar-refractivity contribution in [1.29, 1.82) is 0 Å². The zero-order valence-corrected chi connectivity index (χ0v) is 9.72. The zero-order valence-electron chi connectivity index (χ0n) is 9.72. The van der Waals surface area contributed by atoms with E-state index in [1.807, 2.05) is 6.92 Å². The van der Waals surface area contributed by atoms with E-state index >= 15 is 0 Å². The number of nitrogens with zero attached hydrogens (tertiary/aromatic N) is 1. The summed E-state index contributed by atoms with van der Waals surface area (Å²) in [4.78, 5) is 12.6. The molecule has 1 rings (SSSR count).